The van der Waals surface area contributed by atoms with Crippen molar-refractivity contribution in [3.05, 3.63) is 35.9 Å². The molecule has 0 saturated carbocycles. The van der Waals surface area contributed by atoms with Crippen LogP contribution in [0, 0.1) is 17.8 Å². The van der Waals surface area contributed by atoms with E-state index in [1.54, 1.807) is 6.92 Å². The van der Waals surface area contributed by atoms with Gasteiger partial charge in [-0.1, -0.05) is 70.2 Å². The number of rotatable bonds is 11. The van der Waals surface area contributed by atoms with Crippen LogP contribution in [0.2, 0.25) is 0 Å². The number of aliphatic carboxylic acids is 1. The molecule has 7 heteroatoms. The third-order valence-electron chi connectivity index (χ3n) is 4.62. The van der Waals surface area contributed by atoms with E-state index in [9.17, 15) is 19.5 Å². The molecule has 1 rings (SSSR count). The molecule has 3 N–H and O–H groups in total. The first kappa shape index (κ1) is 24.8. The minimum absolute atomic E-state index is 0.000102. The fourth-order valence-corrected chi connectivity index (χ4v) is 3.62. The molecule has 1 aromatic rings. The highest BCUT2D eigenvalue weighted by atomic mass is 32.1. The predicted molar refractivity (Wildman–Crippen MR) is 118 cm³/mol. The van der Waals surface area contributed by atoms with Crippen LogP contribution >= 0.6 is 12.2 Å². The van der Waals surface area contributed by atoms with Crippen LogP contribution in [-0.2, 0) is 20.8 Å². The summed E-state index contributed by atoms with van der Waals surface area (Å²) in [5.41, 5.74) is 0.806. The largest absolute Gasteiger partial charge is 0.480 e. The highest BCUT2D eigenvalue weighted by molar-refractivity contribution is 7.80. The number of carboxylic acid groups (broad SMARTS) is 1. The average Bonchev–Trinajstić information content (AvgIpc) is 2.60. The van der Waals surface area contributed by atoms with Crippen LogP contribution in [-0.4, -0.2) is 39.8 Å². The summed E-state index contributed by atoms with van der Waals surface area (Å²) in [5.74, 6) is -2.27. The molecule has 6 nitrogen and oxygen atoms in total. The first-order chi connectivity index (χ1) is 13.5. The zero-order chi connectivity index (χ0) is 22.1. The van der Waals surface area contributed by atoms with Crippen molar-refractivity contribution in [2.75, 3.05) is 0 Å². The van der Waals surface area contributed by atoms with Gasteiger partial charge in [0.25, 0.3) is 0 Å². The number of thiocarbonyl (C=S) groups is 1. The average molecular weight is 421 g/mol. The number of hydrogen-bond acceptors (Lipinski definition) is 4. The molecule has 0 heterocycles. The molecule has 29 heavy (non-hydrogen) atoms. The third-order valence-corrected chi connectivity index (χ3v) is 4.88. The summed E-state index contributed by atoms with van der Waals surface area (Å²) >= 11 is 5.21. The highest BCUT2D eigenvalue weighted by Crippen LogP contribution is 2.15. The fourth-order valence-electron chi connectivity index (χ4n) is 3.24. The van der Waals surface area contributed by atoms with Crippen LogP contribution < -0.4 is 10.6 Å². The fraction of sp³-hybridized carbons (Fsp3) is 0.545. The lowest BCUT2D eigenvalue weighted by Gasteiger charge is -2.26. The second-order valence-corrected chi connectivity index (χ2v) is 8.76. The van der Waals surface area contributed by atoms with Crippen molar-refractivity contribution in [3.8, 4) is 0 Å². The SMILES string of the molecule is CC(=S)C(C(=O)N[C@@H](CC(C)C)C(=O)N[C@@H](Cc1ccccc1)C(=O)O)C(C)C. The summed E-state index contributed by atoms with van der Waals surface area (Å²) < 4.78 is 0. The van der Waals surface area contributed by atoms with Crippen LogP contribution in [0.15, 0.2) is 30.3 Å². The Morgan fingerprint density at radius 3 is 1.97 bits per heavy atom. The number of amides is 2. The van der Waals surface area contributed by atoms with E-state index in [0.717, 1.165) is 5.56 Å². The minimum atomic E-state index is -1.12. The number of nitrogens with one attached hydrogen (secondary N) is 2. The van der Waals surface area contributed by atoms with Crippen LogP contribution in [0.3, 0.4) is 0 Å². The van der Waals surface area contributed by atoms with Gasteiger partial charge in [-0.05, 0) is 30.7 Å². The summed E-state index contributed by atoms with van der Waals surface area (Å²) in [5, 5.41) is 14.9. The van der Waals surface area contributed by atoms with Crippen molar-refractivity contribution >= 4 is 34.9 Å². The molecule has 0 aromatic heterocycles. The lowest BCUT2D eigenvalue weighted by molar-refractivity contribution is -0.142. The maximum Gasteiger partial charge on any atom is 0.326 e. The molecule has 0 aliphatic rings. The zero-order valence-corrected chi connectivity index (χ0v) is 18.6. The normalized spacial score (nSPS) is 14.2. The highest BCUT2D eigenvalue weighted by Gasteiger charge is 2.31. The molecule has 3 atom stereocenters. The maximum absolute atomic E-state index is 12.9. The van der Waals surface area contributed by atoms with Gasteiger partial charge in [0.15, 0.2) is 0 Å². The molecule has 0 radical (unpaired) electrons. The number of carbonyl (C=O) groups is 3. The van der Waals surface area contributed by atoms with Gasteiger partial charge in [0.2, 0.25) is 11.8 Å². The van der Waals surface area contributed by atoms with Crippen LogP contribution in [0.25, 0.3) is 0 Å². The van der Waals surface area contributed by atoms with Crippen LogP contribution in [0.1, 0.15) is 46.6 Å². The second-order valence-electron chi connectivity index (χ2n) is 8.11. The molecule has 0 saturated heterocycles. The lowest BCUT2D eigenvalue weighted by Crippen LogP contribution is -2.54. The molecular formula is C22H32N2O4S. The Bertz CT molecular complexity index is 719. The third kappa shape index (κ3) is 8.31. The minimum Gasteiger partial charge on any atom is -0.480 e. The van der Waals surface area contributed by atoms with Gasteiger partial charge in [-0.2, -0.15) is 0 Å². The predicted octanol–water partition coefficient (Wildman–Crippen LogP) is 2.99. The van der Waals surface area contributed by atoms with Gasteiger partial charge in [0, 0.05) is 11.3 Å². The monoisotopic (exact) mass is 420 g/mol. The summed E-state index contributed by atoms with van der Waals surface area (Å²) in [6.07, 6.45) is 0.564. The van der Waals surface area contributed by atoms with E-state index in [2.05, 4.69) is 10.6 Å². The van der Waals surface area contributed by atoms with Gasteiger partial charge in [0.1, 0.15) is 12.1 Å². The number of carboxylic acids is 1. The van der Waals surface area contributed by atoms with Crippen molar-refractivity contribution < 1.29 is 19.5 Å². The summed E-state index contributed by atoms with van der Waals surface area (Å²) in [6, 6.07) is 7.20. The van der Waals surface area contributed by atoms with Crippen molar-refractivity contribution in [1.82, 2.24) is 10.6 Å². The van der Waals surface area contributed by atoms with E-state index in [4.69, 9.17) is 12.2 Å². The van der Waals surface area contributed by atoms with Crippen molar-refractivity contribution in [2.45, 2.75) is 59.5 Å². The quantitative estimate of drug-likeness (QED) is 0.478. The maximum atomic E-state index is 12.9. The number of carbonyl (C=O) groups excluding carboxylic acids is 2. The van der Waals surface area contributed by atoms with Gasteiger partial charge >= 0.3 is 5.97 Å². The van der Waals surface area contributed by atoms with Crippen molar-refractivity contribution in [2.24, 2.45) is 17.8 Å². The number of benzene rings is 1. The Kier molecular flexibility index (Phi) is 9.95. The Morgan fingerprint density at radius 1 is 0.966 bits per heavy atom. The van der Waals surface area contributed by atoms with E-state index >= 15 is 0 Å². The molecule has 1 unspecified atom stereocenters. The summed E-state index contributed by atoms with van der Waals surface area (Å²) in [7, 11) is 0. The van der Waals surface area contributed by atoms with Gasteiger partial charge in [-0.25, -0.2) is 4.79 Å². The van der Waals surface area contributed by atoms with Gasteiger partial charge < -0.3 is 15.7 Å². The first-order valence-electron chi connectivity index (χ1n) is 9.90. The topological polar surface area (TPSA) is 95.5 Å². The summed E-state index contributed by atoms with van der Waals surface area (Å²) in [4.78, 5) is 37.8. The molecule has 1 aromatic carbocycles. The van der Waals surface area contributed by atoms with Crippen LogP contribution in [0.5, 0.6) is 0 Å². The Labute approximate surface area is 178 Å². The second kappa shape index (κ2) is 11.7. The Morgan fingerprint density at radius 2 is 1.52 bits per heavy atom. The van der Waals surface area contributed by atoms with Gasteiger partial charge in [0.05, 0.1) is 5.92 Å². The molecule has 0 spiro atoms. The zero-order valence-electron chi connectivity index (χ0n) is 17.8. The van der Waals surface area contributed by atoms with Crippen LogP contribution in [0.4, 0.5) is 0 Å². The van der Waals surface area contributed by atoms with E-state index in [1.165, 1.54) is 0 Å². The molecule has 0 bridgehead atoms. The van der Waals surface area contributed by atoms with E-state index < -0.39 is 29.9 Å². The lowest BCUT2D eigenvalue weighted by atomic mass is 9.91. The summed E-state index contributed by atoms with van der Waals surface area (Å²) in [6.45, 7) is 9.40. The van der Waals surface area contributed by atoms with E-state index in [-0.39, 0.29) is 24.2 Å². The molecular weight excluding hydrogens is 388 g/mol. The van der Waals surface area contributed by atoms with E-state index in [0.29, 0.717) is 11.3 Å². The Balaban J connectivity index is 2.94. The first-order valence-corrected chi connectivity index (χ1v) is 10.3. The van der Waals surface area contributed by atoms with Crippen molar-refractivity contribution in [3.63, 3.8) is 0 Å². The molecule has 0 aliphatic carbocycles. The van der Waals surface area contributed by atoms with Crippen molar-refractivity contribution in [1.29, 1.82) is 0 Å². The number of hydrogen-bond donors (Lipinski definition) is 3. The van der Waals surface area contributed by atoms with Gasteiger partial charge in [-0.3, -0.25) is 9.59 Å². The Hall–Kier alpha value is -2.28. The standard InChI is InChI=1S/C22H32N2O4S/c1-13(2)11-17(23-21(26)19(14(3)4)15(5)29)20(25)24-18(22(27)28)12-16-9-7-6-8-10-16/h6-10,13-14,17-19H,11-12H2,1-5H3,(H,23,26)(H,24,25)(H,27,28)/t17-,18-,19?/m0/s1. The van der Waals surface area contributed by atoms with E-state index in [1.807, 2.05) is 58.0 Å². The molecule has 0 aliphatic heterocycles. The molecule has 2 amide bonds. The molecule has 0 fully saturated rings. The van der Waals surface area contributed by atoms with Gasteiger partial charge in [-0.15, -0.1) is 0 Å². The smallest absolute Gasteiger partial charge is 0.326 e. The molecule has 160 valence electrons.